The number of aryl methyl sites for hydroxylation is 1. The third-order valence-corrected chi connectivity index (χ3v) is 9.56. The third kappa shape index (κ3) is 6.42. The first-order chi connectivity index (χ1) is 20.4. The number of benzene rings is 2. The number of likely N-dealkylation sites (tertiary alicyclic amines) is 2. The van der Waals surface area contributed by atoms with E-state index in [1.165, 1.54) is 22.2 Å². The molecule has 1 atom stereocenters. The Morgan fingerprint density at radius 2 is 1.83 bits per heavy atom. The number of aromatic nitrogens is 1. The van der Waals surface area contributed by atoms with Crippen LogP contribution in [-0.4, -0.2) is 102 Å². The minimum atomic E-state index is -1.10. The second-order valence-electron chi connectivity index (χ2n) is 12.4. The number of β-amino-alcohol motifs (C(OH)–C–C–N with tert-alkyl or cyclic N) is 1. The smallest absolute Gasteiger partial charge is 0.187 e. The molecule has 0 aliphatic carbocycles. The molecular formula is C34H44N4O4. The number of carbonyl (C=O) groups is 1. The summed E-state index contributed by atoms with van der Waals surface area (Å²) < 4.78 is 5.53. The summed E-state index contributed by atoms with van der Waals surface area (Å²) >= 11 is 0. The van der Waals surface area contributed by atoms with E-state index in [1.807, 2.05) is 37.4 Å². The molecule has 42 heavy (non-hydrogen) atoms. The highest BCUT2D eigenvalue weighted by Crippen LogP contribution is 2.36. The van der Waals surface area contributed by atoms with Gasteiger partial charge in [-0.2, -0.15) is 0 Å². The lowest BCUT2D eigenvalue weighted by molar-refractivity contribution is -0.114. The Balaban J connectivity index is 0.993. The van der Waals surface area contributed by atoms with Crippen LogP contribution in [0.1, 0.15) is 53.1 Å². The molecule has 6 rings (SSSR count). The number of aliphatic hydroxyl groups is 2. The average molecular weight is 573 g/mol. The van der Waals surface area contributed by atoms with Crippen LogP contribution in [-0.2, 0) is 4.74 Å². The van der Waals surface area contributed by atoms with E-state index >= 15 is 0 Å². The first-order valence-corrected chi connectivity index (χ1v) is 15.5. The number of ether oxygens (including phenoxy) is 1. The number of hydrogen-bond acceptors (Lipinski definition) is 7. The first kappa shape index (κ1) is 28.9. The Morgan fingerprint density at radius 1 is 1.07 bits per heavy atom. The van der Waals surface area contributed by atoms with Crippen LogP contribution in [0.5, 0.6) is 0 Å². The molecule has 8 nitrogen and oxygen atoms in total. The van der Waals surface area contributed by atoms with Crippen molar-refractivity contribution in [3.05, 3.63) is 77.6 Å². The van der Waals surface area contributed by atoms with Gasteiger partial charge in [0.2, 0.25) is 0 Å². The van der Waals surface area contributed by atoms with Crippen LogP contribution in [0.25, 0.3) is 10.9 Å². The molecule has 3 aromatic rings. The number of ketones is 1. The van der Waals surface area contributed by atoms with Gasteiger partial charge in [-0.05, 0) is 81.4 Å². The van der Waals surface area contributed by atoms with Crippen molar-refractivity contribution in [2.45, 2.75) is 50.2 Å². The van der Waals surface area contributed by atoms with Gasteiger partial charge in [0, 0.05) is 73.4 Å². The van der Waals surface area contributed by atoms with Crippen LogP contribution in [0.15, 0.2) is 60.9 Å². The summed E-state index contributed by atoms with van der Waals surface area (Å²) in [5.41, 5.74) is 4.48. The molecule has 3 fully saturated rings. The summed E-state index contributed by atoms with van der Waals surface area (Å²) in [6, 6.07) is 14.3. The summed E-state index contributed by atoms with van der Waals surface area (Å²) in [7, 11) is 0. The fourth-order valence-corrected chi connectivity index (χ4v) is 6.79. The van der Waals surface area contributed by atoms with Gasteiger partial charge in [-0.15, -0.1) is 0 Å². The number of nitrogens with one attached hydrogen (secondary N) is 1. The molecule has 2 aromatic carbocycles. The number of fused-ring (bicyclic) bond motifs is 1. The molecule has 0 bridgehead atoms. The van der Waals surface area contributed by atoms with Gasteiger partial charge in [0.15, 0.2) is 5.78 Å². The van der Waals surface area contributed by atoms with Crippen molar-refractivity contribution in [3.8, 4) is 0 Å². The summed E-state index contributed by atoms with van der Waals surface area (Å²) in [6.07, 6.45) is 7.86. The molecule has 0 radical (unpaired) electrons. The molecule has 0 amide bonds. The SMILES string of the molecule is Cc1cccc(C(=O)C=CN2CCC(O)(C(O)CN3CCC(c4c[nH]c5ccc(N6CCOCC6)cc45)CC3)CC2)c1. The number of allylic oxidation sites excluding steroid dienone is 1. The van der Waals surface area contributed by atoms with E-state index in [1.54, 1.807) is 6.08 Å². The zero-order valence-corrected chi connectivity index (χ0v) is 24.7. The molecule has 1 aromatic heterocycles. The van der Waals surface area contributed by atoms with E-state index in [4.69, 9.17) is 4.74 Å². The van der Waals surface area contributed by atoms with Gasteiger partial charge in [-0.3, -0.25) is 4.79 Å². The van der Waals surface area contributed by atoms with E-state index in [-0.39, 0.29) is 5.78 Å². The van der Waals surface area contributed by atoms with Crippen LogP contribution in [0.4, 0.5) is 5.69 Å². The van der Waals surface area contributed by atoms with Gasteiger partial charge in [0.05, 0.1) is 24.9 Å². The van der Waals surface area contributed by atoms with Crippen LogP contribution in [0.3, 0.4) is 0 Å². The zero-order chi connectivity index (χ0) is 29.1. The number of anilines is 1. The van der Waals surface area contributed by atoms with Crippen molar-refractivity contribution in [1.29, 1.82) is 0 Å². The fraction of sp³-hybridized carbons (Fsp3) is 0.500. The van der Waals surface area contributed by atoms with Crippen molar-refractivity contribution in [2.75, 3.05) is 63.9 Å². The highest BCUT2D eigenvalue weighted by molar-refractivity contribution is 6.04. The number of carbonyl (C=O) groups excluding carboxylic acids is 1. The largest absolute Gasteiger partial charge is 0.389 e. The summed E-state index contributed by atoms with van der Waals surface area (Å²) in [6.45, 7) is 8.92. The van der Waals surface area contributed by atoms with Crippen molar-refractivity contribution in [3.63, 3.8) is 0 Å². The Labute approximate surface area is 248 Å². The lowest BCUT2D eigenvalue weighted by atomic mass is 9.84. The number of aromatic amines is 1. The number of rotatable bonds is 8. The second kappa shape index (κ2) is 12.6. The molecule has 3 aliphatic heterocycles. The van der Waals surface area contributed by atoms with Crippen LogP contribution in [0.2, 0.25) is 0 Å². The average Bonchev–Trinajstić information content (AvgIpc) is 3.45. The zero-order valence-electron chi connectivity index (χ0n) is 24.7. The van der Waals surface area contributed by atoms with Crippen molar-refractivity contribution >= 4 is 22.4 Å². The Morgan fingerprint density at radius 3 is 2.57 bits per heavy atom. The molecule has 0 saturated carbocycles. The maximum absolute atomic E-state index is 12.5. The van der Waals surface area contributed by atoms with Crippen LogP contribution >= 0.6 is 0 Å². The Bertz CT molecular complexity index is 1400. The topological polar surface area (TPSA) is 92.3 Å². The number of morpholine rings is 1. The number of nitrogens with zero attached hydrogens (tertiary/aromatic N) is 3. The number of aliphatic hydroxyl groups excluding tert-OH is 1. The second-order valence-corrected chi connectivity index (χ2v) is 12.4. The quantitative estimate of drug-likeness (QED) is 0.277. The molecule has 8 heteroatoms. The first-order valence-electron chi connectivity index (χ1n) is 15.5. The predicted molar refractivity (Wildman–Crippen MR) is 166 cm³/mol. The van der Waals surface area contributed by atoms with E-state index in [0.717, 1.165) is 57.8 Å². The molecule has 1 unspecified atom stereocenters. The van der Waals surface area contributed by atoms with Crippen molar-refractivity contribution < 1.29 is 19.7 Å². The van der Waals surface area contributed by atoms with Gasteiger partial charge in [0.25, 0.3) is 0 Å². The van der Waals surface area contributed by atoms with E-state index < -0.39 is 11.7 Å². The van der Waals surface area contributed by atoms with Gasteiger partial charge >= 0.3 is 0 Å². The van der Waals surface area contributed by atoms with Gasteiger partial charge in [0.1, 0.15) is 0 Å². The van der Waals surface area contributed by atoms with E-state index in [0.29, 0.717) is 44.0 Å². The highest BCUT2D eigenvalue weighted by Gasteiger charge is 2.39. The lowest BCUT2D eigenvalue weighted by Gasteiger charge is -2.43. The van der Waals surface area contributed by atoms with Crippen molar-refractivity contribution in [1.82, 2.24) is 14.8 Å². The molecule has 0 spiro atoms. The molecule has 3 aliphatic rings. The Kier molecular flexibility index (Phi) is 8.67. The number of hydrogen-bond donors (Lipinski definition) is 3. The van der Waals surface area contributed by atoms with Gasteiger partial charge < -0.3 is 34.6 Å². The maximum Gasteiger partial charge on any atom is 0.187 e. The van der Waals surface area contributed by atoms with E-state index in [2.05, 4.69) is 44.1 Å². The Hall–Kier alpha value is -3.17. The van der Waals surface area contributed by atoms with Gasteiger partial charge in [-0.25, -0.2) is 0 Å². The van der Waals surface area contributed by atoms with Crippen LogP contribution in [0, 0.1) is 6.92 Å². The lowest BCUT2D eigenvalue weighted by Crippen LogP contribution is -2.54. The molecule has 4 heterocycles. The maximum atomic E-state index is 12.5. The summed E-state index contributed by atoms with van der Waals surface area (Å²) in [5.74, 6) is 0.459. The summed E-state index contributed by atoms with van der Waals surface area (Å²) in [4.78, 5) is 22.8. The highest BCUT2D eigenvalue weighted by atomic mass is 16.5. The number of H-pyrrole nitrogens is 1. The monoisotopic (exact) mass is 572 g/mol. The van der Waals surface area contributed by atoms with Crippen LogP contribution < -0.4 is 4.90 Å². The fourth-order valence-electron chi connectivity index (χ4n) is 6.79. The third-order valence-electron chi connectivity index (χ3n) is 9.56. The normalized spacial score (nSPS) is 21.3. The minimum absolute atomic E-state index is 0.0202. The van der Waals surface area contributed by atoms with E-state index in [9.17, 15) is 15.0 Å². The standard InChI is InChI=1S/C34H44N4O4/c1-25-3-2-4-27(21-25)32(39)9-14-36-15-10-34(41,11-16-36)33(40)24-37-12-7-26(8-13-37)30-23-35-31-6-5-28(22-29(30)31)38-17-19-42-20-18-38/h2-6,9,14,21-23,26,33,35,40-41H,7-8,10-13,15-20,24H2,1H3. The predicted octanol–water partition coefficient (Wildman–Crippen LogP) is 4.08. The van der Waals surface area contributed by atoms with Crippen molar-refractivity contribution in [2.24, 2.45) is 0 Å². The van der Waals surface area contributed by atoms with Gasteiger partial charge in [-0.1, -0.05) is 23.8 Å². The molecule has 3 saturated heterocycles. The number of piperidine rings is 2. The molecule has 224 valence electrons. The molecule has 3 N–H and O–H groups in total. The summed E-state index contributed by atoms with van der Waals surface area (Å²) in [5, 5.41) is 23.7. The minimum Gasteiger partial charge on any atom is -0.389 e. The molecular weight excluding hydrogens is 528 g/mol.